The average molecular weight is 204 g/mol. The van der Waals surface area contributed by atoms with E-state index in [2.05, 4.69) is 5.92 Å². The molecular weight excluding hydrogens is 192 g/mol. The van der Waals surface area contributed by atoms with Crippen LogP contribution < -0.4 is 4.74 Å². The summed E-state index contributed by atoms with van der Waals surface area (Å²) in [6.45, 7) is 2.26. The van der Waals surface area contributed by atoms with Gasteiger partial charge in [-0.15, -0.1) is 12.3 Å². The monoisotopic (exact) mass is 204 g/mol. The molecule has 0 aliphatic carbocycles. The topological polar surface area (TPSA) is 46.5 Å². The maximum atomic E-state index is 10.7. The molecule has 0 unspecified atom stereocenters. The van der Waals surface area contributed by atoms with Gasteiger partial charge >= 0.3 is 5.97 Å². The molecule has 0 aliphatic heterocycles. The molecule has 1 aromatic carbocycles. The largest absolute Gasteiger partial charge is 0.492 e. The van der Waals surface area contributed by atoms with Gasteiger partial charge in [-0.05, 0) is 24.6 Å². The first-order valence-corrected chi connectivity index (χ1v) is 4.55. The van der Waals surface area contributed by atoms with Crippen molar-refractivity contribution < 1.29 is 14.6 Å². The summed E-state index contributed by atoms with van der Waals surface area (Å²) in [6, 6.07) is 4.77. The van der Waals surface area contributed by atoms with Crippen LogP contribution in [0.2, 0.25) is 0 Å². The number of carboxylic acids is 1. The van der Waals surface area contributed by atoms with Gasteiger partial charge < -0.3 is 9.84 Å². The minimum Gasteiger partial charge on any atom is -0.492 e. The summed E-state index contributed by atoms with van der Waals surface area (Å²) in [6.07, 6.45) is 5.60. The van der Waals surface area contributed by atoms with Crippen molar-refractivity contribution in [1.82, 2.24) is 0 Å². The van der Waals surface area contributed by atoms with Crippen LogP contribution in [-0.4, -0.2) is 17.7 Å². The van der Waals surface area contributed by atoms with E-state index < -0.39 is 5.97 Å². The van der Waals surface area contributed by atoms with Crippen LogP contribution in [0.3, 0.4) is 0 Å². The zero-order valence-corrected chi connectivity index (χ0v) is 8.49. The van der Waals surface area contributed by atoms with Crippen molar-refractivity contribution in [3.63, 3.8) is 0 Å². The van der Waals surface area contributed by atoms with Gasteiger partial charge in [0.15, 0.2) is 0 Å². The first kappa shape index (κ1) is 11.1. The summed E-state index contributed by atoms with van der Waals surface area (Å²) < 4.78 is 5.36. The number of carboxylic acid groups (broad SMARTS) is 1. The Kier molecular flexibility index (Phi) is 3.75. The maximum Gasteiger partial charge on any atom is 0.335 e. The number of benzene rings is 1. The Hall–Kier alpha value is -1.95. The molecule has 1 N–H and O–H groups in total. The Labute approximate surface area is 88.7 Å². The normalized spacial score (nSPS) is 9.33. The van der Waals surface area contributed by atoms with Gasteiger partial charge in [-0.25, -0.2) is 4.79 Å². The smallest absolute Gasteiger partial charge is 0.335 e. The highest BCUT2D eigenvalue weighted by atomic mass is 16.5. The van der Waals surface area contributed by atoms with Crippen molar-refractivity contribution in [1.29, 1.82) is 0 Å². The fourth-order valence-electron chi connectivity index (χ4n) is 1.11. The zero-order valence-electron chi connectivity index (χ0n) is 8.49. The molecule has 0 fully saturated rings. The van der Waals surface area contributed by atoms with Crippen LogP contribution in [-0.2, 0) is 0 Å². The van der Waals surface area contributed by atoms with Gasteiger partial charge in [0.25, 0.3) is 0 Å². The van der Waals surface area contributed by atoms with Crippen LogP contribution in [0.25, 0.3) is 0 Å². The first-order chi connectivity index (χ1) is 7.15. The SMILES string of the molecule is C#CCCOc1cc(C(=O)O)ccc1C. The first-order valence-electron chi connectivity index (χ1n) is 4.55. The Morgan fingerprint density at radius 2 is 2.33 bits per heavy atom. The molecule has 0 heterocycles. The van der Waals surface area contributed by atoms with Crippen LogP contribution >= 0.6 is 0 Å². The van der Waals surface area contributed by atoms with Gasteiger partial charge in [0, 0.05) is 6.42 Å². The minimum atomic E-state index is -0.961. The number of aromatic carboxylic acids is 1. The van der Waals surface area contributed by atoms with Crippen molar-refractivity contribution in [3.8, 4) is 18.1 Å². The molecule has 0 saturated carbocycles. The predicted molar refractivity (Wildman–Crippen MR) is 57.1 cm³/mol. The number of rotatable bonds is 4. The third-order valence-corrected chi connectivity index (χ3v) is 1.94. The lowest BCUT2D eigenvalue weighted by molar-refractivity contribution is 0.0696. The molecule has 0 aromatic heterocycles. The third-order valence-electron chi connectivity index (χ3n) is 1.94. The average Bonchev–Trinajstić information content (AvgIpc) is 2.20. The number of aryl methyl sites for hydroxylation is 1. The van der Waals surface area contributed by atoms with E-state index in [-0.39, 0.29) is 5.56 Å². The van der Waals surface area contributed by atoms with Crippen LogP contribution in [0.4, 0.5) is 0 Å². The molecule has 0 aliphatic rings. The van der Waals surface area contributed by atoms with Crippen molar-refractivity contribution >= 4 is 5.97 Å². The zero-order chi connectivity index (χ0) is 11.3. The molecule has 0 amide bonds. The van der Waals surface area contributed by atoms with Crippen LogP contribution in [0, 0.1) is 19.3 Å². The molecule has 3 heteroatoms. The molecule has 78 valence electrons. The van der Waals surface area contributed by atoms with Gasteiger partial charge in [0.2, 0.25) is 0 Å². The molecular formula is C12H12O3. The second-order valence-electron chi connectivity index (χ2n) is 3.09. The van der Waals surface area contributed by atoms with E-state index in [4.69, 9.17) is 16.3 Å². The molecule has 15 heavy (non-hydrogen) atoms. The van der Waals surface area contributed by atoms with E-state index >= 15 is 0 Å². The summed E-state index contributed by atoms with van der Waals surface area (Å²) in [5, 5.41) is 8.78. The maximum absolute atomic E-state index is 10.7. The molecule has 0 bridgehead atoms. The summed E-state index contributed by atoms with van der Waals surface area (Å²) >= 11 is 0. The minimum absolute atomic E-state index is 0.219. The Bertz CT molecular complexity index is 402. The van der Waals surface area contributed by atoms with E-state index in [1.54, 1.807) is 12.1 Å². The van der Waals surface area contributed by atoms with Crippen LogP contribution in [0.15, 0.2) is 18.2 Å². The lowest BCUT2D eigenvalue weighted by atomic mass is 10.1. The van der Waals surface area contributed by atoms with Gasteiger partial charge in [0.1, 0.15) is 5.75 Å². The molecule has 1 aromatic rings. The molecule has 3 nitrogen and oxygen atoms in total. The molecule has 0 radical (unpaired) electrons. The summed E-state index contributed by atoms with van der Waals surface area (Å²) in [5.41, 5.74) is 1.12. The number of ether oxygens (including phenoxy) is 1. The highest BCUT2D eigenvalue weighted by Gasteiger charge is 2.06. The van der Waals surface area contributed by atoms with E-state index in [0.29, 0.717) is 18.8 Å². The van der Waals surface area contributed by atoms with Crippen molar-refractivity contribution in [3.05, 3.63) is 29.3 Å². The van der Waals surface area contributed by atoms with E-state index in [9.17, 15) is 4.79 Å². The second-order valence-corrected chi connectivity index (χ2v) is 3.09. The van der Waals surface area contributed by atoms with Gasteiger partial charge in [-0.3, -0.25) is 0 Å². The van der Waals surface area contributed by atoms with Crippen LogP contribution in [0.5, 0.6) is 5.75 Å². The molecule has 1 rings (SSSR count). The van der Waals surface area contributed by atoms with Gasteiger partial charge in [0.05, 0.1) is 12.2 Å². The Morgan fingerprint density at radius 3 is 2.93 bits per heavy atom. The van der Waals surface area contributed by atoms with E-state index in [1.807, 2.05) is 6.92 Å². The predicted octanol–water partition coefficient (Wildman–Crippen LogP) is 2.10. The second kappa shape index (κ2) is 5.06. The fourth-order valence-corrected chi connectivity index (χ4v) is 1.11. The van der Waals surface area contributed by atoms with E-state index in [1.165, 1.54) is 6.07 Å². The Balaban J connectivity index is 2.82. The quantitative estimate of drug-likeness (QED) is 0.603. The van der Waals surface area contributed by atoms with Gasteiger partial charge in [-0.2, -0.15) is 0 Å². The highest BCUT2D eigenvalue weighted by Crippen LogP contribution is 2.19. The van der Waals surface area contributed by atoms with Crippen molar-refractivity contribution in [2.24, 2.45) is 0 Å². The highest BCUT2D eigenvalue weighted by molar-refractivity contribution is 5.88. The van der Waals surface area contributed by atoms with Gasteiger partial charge in [-0.1, -0.05) is 6.07 Å². The lowest BCUT2D eigenvalue weighted by Crippen LogP contribution is -2.01. The van der Waals surface area contributed by atoms with E-state index in [0.717, 1.165) is 5.56 Å². The summed E-state index contributed by atoms with van der Waals surface area (Å²) in [5.74, 6) is 2.07. The summed E-state index contributed by atoms with van der Waals surface area (Å²) in [4.78, 5) is 10.7. The number of terminal acetylenes is 1. The van der Waals surface area contributed by atoms with Crippen molar-refractivity contribution in [2.45, 2.75) is 13.3 Å². The van der Waals surface area contributed by atoms with Crippen LogP contribution in [0.1, 0.15) is 22.3 Å². The summed E-state index contributed by atoms with van der Waals surface area (Å²) in [7, 11) is 0. The standard InChI is InChI=1S/C12H12O3/c1-3-4-7-15-11-8-10(12(13)14)6-5-9(11)2/h1,5-6,8H,4,7H2,2H3,(H,13,14). The lowest BCUT2D eigenvalue weighted by Gasteiger charge is -2.08. The third kappa shape index (κ3) is 3.03. The molecule has 0 spiro atoms. The number of hydrogen-bond acceptors (Lipinski definition) is 2. The molecule has 0 atom stereocenters. The molecule has 0 saturated heterocycles. The number of hydrogen-bond donors (Lipinski definition) is 1. The van der Waals surface area contributed by atoms with Crippen molar-refractivity contribution in [2.75, 3.05) is 6.61 Å². The Morgan fingerprint density at radius 1 is 1.60 bits per heavy atom. The fraction of sp³-hybridized carbons (Fsp3) is 0.250. The number of carbonyl (C=O) groups is 1.